The average molecular weight is 472 g/mol. The van der Waals surface area contributed by atoms with Crippen LogP contribution in [0, 0.1) is 4.64 Å². The van der Waals surface area contributed by atoms with Gasteiger partial charge in [0.1, 0.15) is 4.64 Å². The molecule has 2 N–H and O–H groups in total. The van der Waals surface area contributed by atoms with Crippen molar-refractivity contribution in [3.8, 4) is 0 Å². The quantitative estimate of drug-likeness (QED) is 0.358. The van der Waals surface area contributed by atoms with Crippen LogP contribution in [0.2, 0.25) is 5.02 Å². The molecule has 30 heavy (non-hydrogen) atoms. The summed E-state index contributed by atoms with van der Waals surface area (Å²) in [6.45, 7) is 0. The molecule has 4 aromatic rings. The van der Waals surface area contributed by atoms with Crippen LogP contribution in [0.1, 0.15) is 33.2 Å². The molecule has 1 aliphatic carbocycles. The number of halogens is 1. The number of nitrogens with zero attached hydrogens (tertiary/aromatic N) is 3. The van der Waals surface area contributed by atoms with E-state index in [1.165, 1.54) is 16.3 Å². The monoisotopic (exact) mass is 471 g/mol. The number of rotatable bonds is 3. The van der Waals surface area contributed by atoms with Crippen LogP contribution in [0.5, 0.6) is 0 Å². The Morgan fingerprint density at radius 2 is 2.17 bits per heavy atom. The van der Waals surface area contributed by atoms with Crippen LogP contribution in [0.25, 0.3) is 12.2 Å². The van der Waals surface area contributed by atoms with E-state index in [1.54, 1.807) is 37.0 Å². The number of nitrogens with one attached hydrogen (secondary N) is 2. The van der Waals surface area contributed by atoms with Gasteiger partial charge in [-0.15, -0.1) is 11.3 Å². The minimum Gasteiger partial charge on any atom is -0.339 e. The zero-order valence-electron chi connectivity index (χ0n) is 15.5. The van der Waals surface area contributed by atoms with Crippen LogP contribution >= 0.6 is 46.9 Å². The van der Waals surface area contributed by atoms with E-state index in [9.17, 15) is 4.79 Å². The molecular weight excluding hydrogens is 458 g/mol. The van der Waals surface area contributed by atoms with Crippen LogP contribution in [0.15, 0.2) is 51.1 Å². The third-order valence-electron chi connectivity index (χ3n) is 4.81. The van der Waals surface area contributed by atoms with Crippen molar-refractivity contribution in [2.75, 3.05) is 0 Å². The third kappa shape index (κ3) is 3.47. The molecule has 0 radical (unpaired) electrons. The van der Waals surface area contributed by atoms with E-state index in [0.29, 0.717) is 9.66 Å². The summed E-state index contributed by atoms with van der Waals surface area (Å²) in [5.41, 5.74) is 3.50. The highest BCUT2D eigenvalue weighted by Gasteiger charge is 2.29. The Kier molecular flexibility index (Phi) is 4.98. The van der Waals surface area contributed by atoms with Crippen molar-refractivity contribution >= 4 is 59.1 Å². The van der Waals surface area contributed by atoms with Crippen molar-refractivity contribution in [1.29, 1.82) is 0 Å². The Morgan fingerprint density at radius 3 is 2.97 bits per heavy atom. The van der Waals surface area contributed by atoms with Gasteiger partial charge in [-0.3, -0.25) is 4.98 Å². The molecule has 1 aliphatic rings. The molecule has 0 bridgehead atoms. The van der Waals surface area contributed by atoms with Gasteiger partial charge < -0.3 is 9.55 Å². The molecule has 1 atom stereocenters. The van der Waals surface area contributed by atoms with Crippen LogP contribution in [-0.4, -0.2) is 24.5 Å². The van der Waals surface area contributed by atoms with Gasteiger partial charge in [-0.2, -0.15) is 0 Å². The third-order valence-corrected chi connectivity index (χ3v) is 7.40. The maximum atomic E-state index is 12.0. The lowest BCUT2D eigenvalue weighted by Crippen LogP contribution is -2.22. The first-order chi connectivity index (χ1) is 14.5. The van der Waals surface area contributed by atoms with Gasteiger partial charge in [-0.05, 0) is 41.1 Å². The Bertz CT molecular complexity index is 1400. The number of aromatic nitrogens is 5. The molecule has 0 fully saturated rings. The lowest BCUT2D eigenvalue weighted by Gasteiger charge is -2.19. The number of benzene rings is 1. The number of H-pyrrole nitrogens is 2. The van der Waals surface area contributed by atoms with Crippen molar-refractivity contribution in [2.24, 2.45) is 7.05 Å². The molecule has 3 heterocycles. The first-order valence-corrected chi connectivity index (χ1v) is 11.4. The summed E-state index contributed by atoms with van der Waals surface area (Å²) in [7, 11) is 1.70. The highest BCUT2D eigenvalue weighted by molar-refractivity contribution is 8.00. The van der Waals surface area contributed by atoms with E-state index in [0.717, 1.165) is 36.8 Å². The van der Waals surface area contributed by atoms with Crippen molar-refractivity contribution in [1.82, 2.24) is 24.5 Å². The van der Waals surface area contributed by atoms with Gasteiger partial charge in [0.25, 0.3) is 0 Å². The number of imidazole rings is 1. The predicted molar refractivity (Wildman–Crippen MR) is 123 cm³/mol. The second-order valence-corrected chi connectivity index (χ2v) is 9.83. The fourth-order valence-corrected chi connectivity index (χ4v) is 5.85. The molecule has 6 nitrogen and oxygen atoms in total. The topological polar surface area (TPSA) is 79.4 Å². The van der Waals surface area contributed by atoms with Crippen LogP contribution in [-0.2, 0) is 7.05 Å². The summed E-state index contributed by atoms with van der Waals surface area (Å²) in [6, 6.07) is 5.80. The molecule has 0 aliphatic heterocycles. The molecule has 10 heteroatoms. The number of thiazole rings is 1. The Hall–Kier alpha value is -2.46. The molecule has 0 saturated heterocycles. The second-order valence-electron chi connectivity index (χ2n) is 6.72. The fraction of sp³-hybridized carbons (Fsp3) is 0.100. The standard InChI is InChI=1S/C20H14ClN5OS3/c1-26-9-13(17(28)25-19(26)27)15-12-4-3-11(21)8-10(12)2-5-14-16(15)24-20(29-14)30-18-22-6-7-23-18/h2-9,15H,1H3,(H,22,23)(H,25,27,28). The molecule has 0 saturated carbocycles. The summed E-state index contributed by atoms with van der Waals surface area (Å²) < 4.78 is 2.79. The van der Waals surface area contributed by atoms with E-state index in [-0.39, 0.29) is 11.6 Å². The summed E-state index contributed by atoms with van der Waals surface area (Å²) in [5.74, 6) is -0.236. The normalized spacial score (nSPS) is 14.9. The van der Waals surface area contributed by atoms with E-state index in [4.69, 9.17) is 28.8 Å². The molecule has 1 aromatic carbocycles. The molecule has 150 valence electrons. The largest absolute Gasteiger partial charge is 0.339 e. The Labute approximate surface area is 189 Å². The fourth-order valence-electron chi connectivity index (χ4n) is 3.45. The molecule has 5 rings (SSSR count). The average Bonchev–Trinajstić information content (AvgIpc) is 3.33. The highest BCUT2D eigenvalue weighted by atomic mass is 35.5. The zero-order valence-corrected chi connectivity index (χ0v) is 18.8. The zero-order chi connectivity index (χ0) is 20.8. The van der Waals surface area contributed by atoms with Gasteiger partial charge in [0.15, 0.2) is 9.50 Å². The minimum atomic E-state index is -0.251. The summed E-state index contributed by atoms with van der Waals surface area (Å²) in [5, 5.41) is 1.45. The van der Waals surface area contributed by atoms with Gasteiger partial charge in [-0.1, -0.05) is 36.0 Å². The van der Waals surface area contributed by atoms with Gasteiger partial charge in [0.2, 0.25) is 0 Å². The van der Waals surface area contributed by atoms with Gasteiger partial charge in [-0.25, -0.2) is 14.8 Å². The number of hydrogen-bond donors (Lipinski definition) is 2. The van der Waals surface area contributed by atoms with Crippen LogP contribution in [0.4, 0.5) is 0 Å². The van der Waals surface area contributed by atoms with E-state index >= 15 is 0 Å². The first-order valence-electron chi connectivity index (χ1n) is 8.95. The molecule has 0 spiro atoms. The number of fused-ring (bicyclic) bond motifs is 2. The van der Waals surface area contributed by atoms with Crippen molar-refractivity contribution < 1.29 is 0 Å². The lowest BCUT2D eigenvalue weighted by atomic mass is 9.88. The number of aromatic amines is 2. The smallest absolute Gasteiger partial charge is 0.326 e. The second kappa shape index (κ2) is 7.66. The Balaban J connectivity index is 1.73. The molecular formula is C20H14ClN5OS3. The summed E-state index contributed by atoms with van der Waals surface area (Å²) in [4.78, 5) is 28.2. The maximum absolute atomic E-state index is 12.0. The number of hydrogen-bond acceptors (Lipinski definition) is 6. The van der Waals surface area contributed by atoms with E-state index in [2.05, 4.69) is 21.0 Å². The number of aryl methyl sites for hydroxylation is 1. The van der Waals surface area contributed by atoms with Crippen molar-refractivity contribution in [3.63, 3.8) is 0 Å². The molecule has 0 amide bonds. The van der Waals surface area contributed by atoms with E-state index in [1.807, 2.05) is 24.3 Å². The Morgan fingerprint density at radius 1 is 1.30 bits per heavy atom. The maximum Gasteiger partial charge on any atom is 0.326 e. The lowest BCUT2D eigenvalue weighted by molar-refractivity contribution is 0.768. The van der Waals surface area contributed by atoms with Crippen LogP contribution < -0.4 is 5.69 Å². The molecule has 3 aromatic heterocycles. The van der Waals surface area contributed by atoms with Crippen LogP contribution in [0.3, 0.4) is 0 Å². The van der Waals surface area contributed by atoms with Gasteiger partial charge >= 0.3 is 5.69 Å². The van der Waals surface area contributed by atoms with Gasteiger partial charge in [0.05, 0.1) is 16.5 Å². The van der Waals surface area contributed by atoms with Crippen molar-refractivity contribution in [3.05, 3.63) is 84.2 Å². The van der Waals surface area contributed by atoms with E-state index < -0.39 is 0 Å². The van der Waals surface area contributed by atoms with Crippen molar-refractivity contribution in [2.45, 2.75) is 15.4 Å². The minimum absolute atomic E-state index is 0.236. The van der Waals surface area contributed by atoms with Gasteiger partial charge in [0, 0.05) is 36.2 Å². The summed E-state index contributed by atoms with van der Waals surface area (Å²) in [6.07, 6.45) is 9.40. The first kappa shape index (κ1) is 19.5. The molecule has 1 unspecified atom stereocenters. The highest BCUT2D eigenvalue weighted by Crippen LogP contribution is 2.43. The summed E-state index contributed by atoms with van der Waals surface area (Å²) >= 11 is 14.9. The SMILES string of the molecule is Cn1cc(C2c3ccc(Cl)cc3C=Cc3sc(Sc4ncc[nH]4)nc32)c(=S)[nH]c1=O. The predicted octanol–water partition coefficient (Wildman–Crippen LogP) is 5.09.